The minimum absolute atomic E-state index is 0.180. The first-order valence-corrected chi connectivity index (χ1v) is 12.4. The van der Waals surface area contributed by atoms with Crippen molar-refractivity contribution >= 4 is 22.3 Å². The van der Waals surface area contributed by atoms with Crippen LogP contribution in [0.3, 0.4) is 0 Å². The van der Waals surface area contributed by atoms with Gasteiger partial charge in [-0.2, -0.15) is 0 Å². The Hall–Kier alpha value is -4.25. The summed E-state index contributed by atoms with van der Waals surface area (Å²) in [5.74, 6) is 1.03. The van der Waals surface area contributed by atoms with E-state index in [9.17, 15) is 20.2 Å². The SMILES string of the molecule is CCc1ccc(-c2ccc([N+](=O)[O-])s2)cc1.CCc1ccc(OCc2cnc([N+](=O)[O-])n2C)c(OC)c1. The van der Waals surface area contributed by atoms with Gasteiger partial charge in [-0.1, -0.05) is 60.5 Å². The molecule has 0 amide bonds. The lowest BCUT2D eigenvalue weighted by Crippen LogP contribution is -2.05. The highest BCUT2D eigenvalue weighted by molar-refractivity contribution is 7.18. The van der Waals surface area contributed by atoms with E-state index in [-0.39, 0.29) is 22.5 Å². The summed E-state index contributed by atoms with van der Waals surface area (Å²) in [6.45, 7) is 4.34. The van der Waals surface area contributed by atoms with Crippen LogP contribution in [0.4, 0.5) is 10.9 Å². The minimum Gasteiger partial charge on any atom is -0.493 e. The molecule has 0 atom stereocenters. The molecule has 2 aromatic heterocycles. The predicted molar refractivity (Wildman–Crippen MR) is 142 cm³/mol. The third-order valence-corrected chi connectivity index (χ3v) is 6.74. The Kier molecular flexibility index (Phi) is 9.33. The molecule has 37 heavy (non-hydrogen) atoms. The topological polar surface area (TPSA) is 123 Å². The number of methoxy groups -OCH3 is 1. The maximum Gasteiger partial charge on any atom is 0.434 e. The maximum atomic E-state index is 10.7. The van der Waals surface area contributed by atoms with Crippen molar-refractivity contribution in [2.24, 2.45) is 7.05 Å². The standard InChI is InChI=1S/C14H17N3O4.C12H11NO2S/c1-4-10-5-6-12(13(7-10)20-3)21-9-11-8-15-14(16(11)2)17(18)19;1-2-9-3-5-10(6-4-9)11-7-8-12(16-11)13(14)15/h5-8H,4,9H2,1-3H3;3-8H,2H2,1H3. The monoisotopic (exact) mass is 524 g/mol. The number of benzene rings is 2. The number of nitrogens with zero attached hydrogens (tertiary/aromatic N) is 4. The van der Waals surface area contributed by atoms with E-state index in [4.69, 9.17) is 9.47 Å². The Morgan fingerprint density at radius 2 is 1.59 bits per heavy atom. The summed E-state index contributed by atoms with van der Waals surface area (Å²) >= 11 is 1.21. The van der Waals surface area contributed by atoms with Gasteiger partial charge in [0.15, 0.2) is 17.2 Å². The predicted octanol–water partition coefficient (Wildman–Crippen LogP) is 6.36. The van der Waals surface area contributed by atoms with Gasteiger partial charge in [0.2, 0.25) is 0 Å². The molecular weight excluding hydrogens is 496 g/mol. The highest BCUT2D eigenvalue weighted by Gasteiger charge is 2.18. The summed E-state index contributed by atoms with van der Waals surface area (Å²) in [4.78, 5) is 25.1. The third kappa shape index (κ3) is 6.91. The highest BCUT2D eigenvalue weighted by atomic mass is 32.1. The first-order chi connectivity index (χ1) is 17.8. The zero-order valence-electron chi connectivity index (χ0n) is 21.0. The van der Waals surface area contributed by atoms with Crippen molar-refractivity contribution < 1.29 is 19.3 Å². The van der Waals surface area contributed by atoms with Gasteiger partial charge in [0.05, 0.1) is 19.1 Å². The second-order valence-corrected chi connectivity index (χ2v) is 9.00. The molecular formula is C26H28N4O6S. The molecule has 0 bridgehead atoms. The number of ether oxygens (including phenoxy) is 2. The van der Waals surface area contributed by atoms with Crippen LogP contribution in [0.15, 0.2) is 60.8 Å². The van der Waals surface area contributed by atoms with Crippen LogP contribution in [0.2, 0.25) is 0 Å². The van der Waals surface area contributed by atoms with Crippen LogP contribution in [-0.2, 0) is 26.5 Å². The quantitative estimate of drug-likeness (QED) is 0.184. The van der Waals surface area contributed by atoms with Crippen molar-refractivity contribution in [1.82, 2.24) is 9.55 Å². The molecule has 10 nitrogen and oxygen atoms in total. The molecule has 4 rings (SSSR count). The molecule has 0 saturated heterocycles. The molecule has 0 aliphatic heterocycles. The van der Waals surface area contributed by atoms with Crippen LogP contribution in [0.1, 0.15) is 30.7 Å². The number of hydrogen-bond donors (Lipinski definition) is 0. The molecule has 11 heteroatoms. The lowest BCUT2D eigenvalue weighted by Gasteiger charge is -2.11. The van der Waals surface area contributed by atoms with Crippen LogP contribution >= 0.6 is 11.3 Å². The highest BCUT2D eigenvalue weighted by Crippen LogP contribution is 2.32. The van der Waals surface area contributed by atoms with Crippen LogP contribution in [0, 0.1) is 20.2 Å². The lowest BCUT2D eigenvalue weighted by molar-refractivity contribution is -0.396. The van der Waals surface area contributed by atoms with Crippen molar-refractivity contribution in [3.05, 3.63) is 97.8 Å². The van der Waals surface area contributed by atoms with Crippen LogP contribution in [-0.4, -0.2) is 26.5 Å². The van der Waals surface area contributed by atoms with Crippen molar-refractivity contribution in [1.29, 1.82) is 0 Å². The Bertz CT molecular complexity index is 1360. The van der Waals surface area contributed by atoms with E-state index in [1.54, 1.807) is 26.3 Å². The smallest absolute Gasteiger partial charge is 0.434 e. The van der Waals surface area contributed by atoms with Crippen molar-refractivity contribution in [3.63, 3.8) is 0 Å². The molecule has 0 aliphatic rings. The summed E-state index contributed by atoms with van der Waals surface area (Å²) in [5, 5.41) is 21.5. The summed E-state index contributed by atoms with van der Waals surface area (Å²) in [6, 6.07) is 17.2. The summed E-state index contributed by atoms with van der Waals surface area (Å²) < 4.78 is 12.4. The minimum atomic E-state index is -0.528. The molecule has 0 spiro atoms. The number of aromatic nitrogens is 2. The molecule has 0 N–H and O–H groups in total. The average Bonchev–Trinajstić information content (AvgIpc) is 3.55. The first-order valence-electron chi connectivity index (χ1n) is 11.6. The van der Waals surface area contributed by atoms with E-state index in [2.05, 4.69) is 31.0 Å². The largest absolute Gasteiger partial charge is 0.493 e. The van der Waals surface area contributed by atoms with Gasteiger partial charge in [-0.05, 0) is 52.7 Å². The van der Waals surface area contributed by atoms with Crippen LogP contribution in [0.5, 0.6) is 11.5 Å². The number of hydrogen-bond acceptors (Lipinski definition) is 8. The Morgan fingerprint density at radius 3 is 2.14 bits per heavy atom. The average molecular weight is 525 g/mol. The van der Waals surface area contributed by atoms with E-state index >= 15 is 0 Å². The molecule has 2 heterocycles. The Balaban J connectivity index is 0.000000213. The van der Waals surface area contributed by atoms with E-state index in [1.165, 1.54) is 27.7 Å². The molecule has 0 radical (unpaired) electrons. The van der Waals surface area contributed by atoms with E-state index in [0.29, 0.717) is 17.2 Å². The lowest BCUT2D eigenvalue weighted by atomic mass is 10.1. The molecule has 0 aliphatic carbocycles. The van der Waals surface area contributed by atoms with Gasteiger partial charge in [0, 0.05) is 10.9 Å². The van der Waals surface area contributed by atoms with Gasteiger partial charge >= 0.3 is 10.9 Å². The fourth-order valence-corrected chi connectivity index (χ4v) is 4.25. The summed E-state index contributed by atoms with van der Waals surface area (Å²) in [5.41, 5.74) is 4.07. The molecule has 0 fully saturated rings. The first kappa shape index (κ1) is 27.3. The van der Waals surface area contributed by atoms with Crippen LogP contribution in [0.25, 0.3) is 10.4 Å². The number of rotatable bonds is 9. The van der Waals surface area contributed by atoms with Gasteiger partial charge in [-0.3, -0.25) is 10.1 Å². The van der Waals surface area contributed by atoms with Crippen LogP contribution < -0.4 is 9.47 Å². The summed E-state index contributed by atoms with van der Waals surface area (Å²) in [7, 11) is 3.16. The van der Waals surface area contributed by atoms with Gasteiger partial charge in [0.1, 0.15) is 12.8 Å². The van der Waals surface area contributed by atoms with E-state index in [0.717, 1.165) is 28.8 Å². The fourth-order valence-electron chi connectivity index (χ4n) is 3.43. The van der Waals surface area contributed by atoms with Crippen molar-refractivity contribution in [2.75, 3.05) is 7.11 Å². The molecule has 194 valence electrons. The van der Waals surface area contributed by atoms with Gasteiger partial charge in [-0.15, -0.1) is 0 Å². The van der Waals surface area contributed by atoms with Crippen molar-refractivity contribution in [2.45, 2.75) is 33.3 Å². The fraction of sp³-hybridized carbons (Fsp3) is 0.269. The summed E-state index contributed by atoms with van der Waals surface area (Å²) in [6.07, 6.45) is 3.35. The third-order valence-electron chi connectivity index (χ3n) is 5.65. The van der Waals surface area contributed by atoms with Gasteiger partial charge < -0.3 is 19.6 Å². The van der Waals surface area contributed by atoms with Gasteiger partial charge in [-0.25, -0.2) is 4.57 Å². The van der Waals surface area contributed by atoms with Gasteiger partial charge in [0.25, 0.3) is 0 Å². The number of aryl methyl sites for hydroxylation is 2. The number of imidazole rings is 1. The normalized spacial score (nSPS) is 10.4. The second-order valence-electron chi connectivity index (χ2n) is 7.94. The molecule has 0 unspecified atom stereocenters. The molecule has 0 saturated carbocycles. The number of nitro groups is 2. The van der Waals surface area contributed by atoms with Crippen molar-refractivity contribution in [3.8, 4) is 21.9 Å². The second kappa shape index (κ2) is 12.6. The zero-order valence-corrected chi connectivity index (χ0v) is 21.9. The molecule has 2 aromatic carbocycles. The Morgan fingerprint density at radius 1 is 0.919 bits per heavy atom. The van der Waals surface area contributed by atoms with E-state index < -0.39 is 4.92 Å². The number of thiophene rings is 1. The van der Waals surface area contributed by atoms with E-state index in [1.807, 2.05) is 30.3 Å². The molecule has 4 aromatic rings. The Labute approximate surface area is 218 Å². The zero-order chi connectivity index (χ0) is 26.9. The maximum absolute atomic E-state index is 10.7.